The van der Waals surface area contributed by atoms with Crippen LogP contribution in [0.5, 0.6) is 5.75 Å². The lowest BCUT2D eigenvalue weighted by atomic mass is 10.1. The summed E-state index contributed by atoms with van der Waals surface area (Å²) in [7, 11) is 0. The Kier molecular flexibility index (Phi) is 3.87. The minimum Gasteiger partial charge on any atom is -0.507 e. The van der Waals surface area contributed by atoms with E-state index >= 15 is 0 Å². The van der Waals surface area contributed by atoms with Crippen LogP contribution in [0.1, 0.15) is 5.56 Å². The molecule has 1 aromatic carbocycles. The summed E-state index contributed by atoms with van der Waals surface area (Å²) >= 11 is 3.07. The Hall–Kier alpha value is -1.86. The highest BCUT2D eigenvalue weighted by atomic mass is 79.9. The number of aliphatic carboxylic acids is 1. The first-order valence-electron chi connectivity index (χ1n) is 5.35. The average Bonchev–Trinajstić information content (AvgIpc) is 2.34. The standard InChI is InChI=1S/C12H10BrNO5/c13-8-3-6-1-2-9(15)7(4-14-5-10(16)17)11(6)19-12(8)18/h1-3,14-15H,4-5H2,(H,16,17). The predicted octanol–water partition coefficient (Wildman–Crippen LogP) is 1.44. The van der Waals surface area contributed by atoms with Gasteiger partial charge in [-0.1, -0.05) is 0 Å². The number of benzene rings is 1. The van der Waals surface area contributed by atoms with E-state index in [4.69, 9.17) is 9.52 Å². The van der Waals surface area contributed by atoms with Crippen LogP contribution in [0.3, 0.4) is 0 Å². The van der Waals surface area contributed by atoms with E-state index in [1.165, 1.54) is 6.07 Å². The molecule has 0 aliphatic heterocycles. The maximum atomic E-state index is 11.5. The molecule has 2 rings (SSSR count). The molecule has 100 valence electrons. The van der Waals surface area contributed by atoms with Crippen molar-refractivity contribution in [2.75, 3.05) is 6.54 Å². The Morgan fingerprint density at radius 2 is 2.16 bits per heavy atom. The second-order valence-corrected chi connectivity index (χ2v) is 4.72. The highest BCUT2D eigenvalue weighted by Gasteiger charge is 2.12. The number of halogens is 1. The number of carbonyl (C=O) groups is 1. The van der Waals surface area contributed by atoms with Crippen LogP contribution in [-0.4, -0.2) is 22.7 Å². The van der Waals surface area contributed by atoms with Gasteiger partial charge in [0.15, 0.2) is 0 Å². The third kappa shape index (κ3) is 2.94. The zero-order valence-corrected chi connectivity index (χ0v) is 11.2. The van der Waals surface area contributed by atoms with Crippen molar-refractivity contribution in [1.82, 2.24) is 5.32 Å². The molecule has 7 heteroatoms. The van der Waals surface area contributed by atoms with Gasteiger partial charge in [-0.3, -0.25) is 4.79 Å². The summed E-state index contributed by atoms with van der Waals surface area (Å²) in [6, 6.07) is 4.66. The van der Waals surface area contributed by atoms with Gasteiger partial charge in [0.25, 0.3) is 0 Å². The van der Waals surface area contributed by atoms with Crippen molar-refractivity contribution in [3.05, 3.63) is 38.7 Å². The molecule has 0 aliphatic rings. The quantitative estimate of drug-likeness (QED) is 0.735. The maximum Gasteiger partial charge on any atom is 0.350 e. The second-order valence-electron chi connectivity index (χ2n) is 3.86. The van der Waals surface area contributed by atoms with E-state index in [2.05, 4.69) is 21.2 Å². The minimum atomic E-state index is -1.01. The number of nitrogens with one attached hydrogen (secondary N) is 1. The van der Waals surface area contributed by atoms with E-state index in [9.17, 15) is 14.7 Å². The summed E-state index contributed by atoms with van der Waals surface area (Å²) in [5.41, 5.74) is 0.0343. The molecule has 0 radical (unpaired) electrons. The fourth-order valence-corrected chi connectivity index (χ4v) is 2.00. The van der Waals surface area contributed by atoms with Crippen molar-refractivity contribution in [3.8, 4) is 5.75 Å². The first-order valence-corrected chi connectivity index (χ1v) is 6.15. The number of carboxylic acids is 1. The van der Waals surface area contributed by atoms with Crippen LogP contribution in [0.15, 0.2) is 31.9 Å². The third-order valence-corrected chi connectivity index (χ3v) is 3.07. The number of hydrogen-bond acceptors (Lipinski definition) is 5. The molecule has 0 unspecified atom stereocenters. The Morgan fingerprint density at radius 1 is 1.42 bits per heavy atom. The molecule has 1 heterocycles. The van der Waals surface area contributed by atoms with Crippen LogP contribution in [-0.2, 0) is 11.3 Å². The molecule has 6 nitrogen and oxygen atoms in total. The summed E-state index contributed by atoms with van der Waals surface area (Å²) < 4.78 is 5.40. The van der Waals surface area contributed by atoms with Crippen LogP contribution in [0.4, 0.5) is 0 Å². The molecule has 0 bridgehead atoms. The fourth-order valence-electron chi connectivity index (χ4n) is 1.67. The zero-order chi connectivity index (χ0) is 14.0. The topological polar surface area (TPSA) is 99.8 Å². The van der Waals surface area contributed by atoms with Gasteiger partial charge >= 0.3 is 11.6 Å². The molecule has 1 aromatic heterocycles. The number of phenolic OH excluding ortho intramolecular Hbond substituents is 1. The smallest absolute Gasteiger partial charge is 0.350 e. The Morgan fingerprint density at radius 3 is 2.84 bits per heavy atom. The van der Waals surface area contributed by atoms with Gasteiger partial charge in [0.2, 0.25) is 0 Å². The molecule has 0 aliphatic carbocycles. The number of aromatic hydroxyl groups is 1. The monoisotopic (exact) mass is 327 g/mol. The minimum absolute atomic E-state index is 0.0594. The first-order chi connectivity index (χ1) is 8.99. The molecule has 0 amide bonds. The van der Waals surface area contributed by atoms with Gasteiger partial charge < -0.3 is 19.9 Å². The van der Waals surface area contributed by atoms with Crippen molar-refractivity contribution in [3.63, 3.8) is 0 Å². The molecule has 3 N–H and O–H groups in total. The second kappa shape index (κ2) is 5.41. The van der Waals surface area contributed by atoms with E-state index < -0.39 is 11.6 Å². The van der Waals surface area contributed by atoms with Crippen molar-refractivity contribution in [1.29, 1.82) is 0 Å². The zero-order valence-electron chi connectivity index (χ0n) is 9.64. The SMILES string of the molecule is O=C(O)CNCc1c(O)ccc2cc(Br)c(=O)oc12. The van der Waals surface area contributed by atoms with Crippen molar-refractivity contribution >= 4 is 32.9 Å². The lowest BCUT2D eigenvalue weighted by Crippen LogP contribution is -2.22. The summed E-state index contributed by atoms with van der Waals surface area (Å²) in [4.78, 5) is 21.9. The molecule has 19 heavy (non-hydrogen) atoms. The van der Waals surface area contributed by atoms with Gasteiger partial charge in [-0.2, -0.15) is 0 Å². The summed E-state index contributed by atoms with van der Waals surface area (Å²) in [6.07, 6.45) is 0. The van der Waals surface area contributed by atoms with Crippen molar-refractivity contribution in [2.45, 2.75) is 6.54 Å². The van der Waals surface area contributed by atoms with Crippen LogP contribution < -0.4 is 10.9 Å². The van der Waals surface area contributed by atoms with E-state index in [1.54, 1.807) is 12.1 Å². The molecular formula is C12H10BrNO5. The highest BCUT2D eigenvalue weighted by Crippen LogP contribution is 2.27. The number of hydrogen-bond donors (Lipinski definition) is 3. The molecule has 0 saturated heterocycles. The van der Waals surface area contributed by atoms with E-state index in [1.807, 2.05) is 0 Å². The summed E-state index contributed by atoms with van der Waals surface area (Å²) in [6.45, 7) is -0.170. The third-order valence-electron chi connectivity index (χ3n) is 2.52. The normalized spacial score (nSPS) is 10.8. The number of carboxylic acid groups (broad SMARTS) is 1. The van der Waals surface area contributed by atoms with Crippen LogP contribution >= 0.6 is 15.9 Å². The Balaban J connectivity index is 2.46. The Bertz CT molecular complexity index is 694. The first kappa shape index (κ1) is 13.6. The van der Waals surface area contributed by atoms with E-state index in [0.717, 1.165) is 0 Å². The molecule has 2 aromatic rings. The van der Waals surface area contributed by atoms with Gasteiger partial charge in [0, 0.05) is 11.9 Å². The van der Waals surface area contributed by atoms with Gasteiger partial charge in [0.05, 0.1) is 12.1 Å². The predicted molar refractivity (Wildman–Crippen MR) is 71.2 cm³/mol. The lowest BCUT2D eigenvalue weighted by molar-refractivity contribution is -0.136. The lowest BCUT2D eigenvalue weighted by Gasteiger charge is -2.08. The van der Waals surface area contributed by atoms with Gasteiger partial charge in [-0.15, -0.1) is 0 Å². The number of fused-ring (bicyclic) bond motifs is 1. The van der Waals surface area contributed by atoms with Gasteiger partial charge in [-0.05, 0) is 34.1 Å². The van der Waals surface area contributed by atoms with Crippen molar-refractivity contribution in [2.24, 2.45) is 0 Å². The number of phenols is 1. The van der Waals surface area contributed by atoms with Crippen LogP contribution in [0.25, 0.3) is 11.0 Å². The van der Waals surface area contributed by atoms with Gasteiger partial charge in [0.1, 0.15) is 15.8 Å². The molecule has 0 atom stereocenters. The fraction of sp³-hybridized carbons (Fsp3) is 0.167. The van der Waals surface area contributed by atoms with E-state index in [0.29, 0.717) is 10.9 Å². The largest absolute Gasteiger partial charge is 0.507 e. The van der Waals surface area contributed by atoms with E-state index in [-0.39, 0.29) is 28.9 Å². The maximum absolute atomic E-state index is 11.5. The molecule has 0 fully saturated rings. The molecule has 0 spiro atoms. The van der Waals surface area contributed by atoms with Gasteiger partial charge in [-0.25, -0.2) is 4.79 Å². The molecule has 0 saturated carbocycles. The van der Waals surface area contributed by atoms with Crippen LogP contribution in [0.2, 0.25) is 0 Å². The average molecular weight is 328 g/mol. The summed E-state index contributed by atoms with van der Waals surface area (Å²) in [5.74, 6) is -1.07. The Labute approximate surface area is 115 Å². The summed E-state index contributed by atoms with van der Waals surface area (Å²) in [5, 5.41) is 21.6. The van der Waals surface area contributed by atoms with Crippen LogP contribution in [0, 0.1) is 0 Å². The number of rotatable bonds is 4. The highest BCUT2D eigenvalue weighted by molar-refractivity contribution is 9.10. The molecular weight excluding hydrogens is 318 g/mol. The van der Waals surface area contributed by atoms with Crippen molar-refractivity contribution < 1.29 is 19.4 Å².